The van der Waals surface area contributed by atoms with Crippen LogP contribution in [-0.2, 0) is 0 Å². The lowest BCUT2D eigenvalue weighted by molar-refractivity contribution is 0.0986. The Hall–Kier alpha value is -1.57. The molecule has 1 aromatic rings. The Kier molecular flexibility index (Phi) is 4.32. The molecule has 0 bridgehead atoms. The van der Waals surface area contributed by atoms with Crippen LogP contribution in [-0.4, -0.2) is 23.8 Å². The molecule has 2 nitrogen and oxygen atoms in total. The standard InChI is InChI=1S/C18H25NO/c1-14(2)12-19-11-10-18(3,4)16(13-19)17(20)15-8-6-5-7-9-15/h5-9,13-14H,10-12H2,1-4H3. The van der Waals surface area contributed by atoms with Crippen molar-refractivity contribution in [3.63, 3.8) is 0 Å². The second kappa shape index (κ2) is 5.82. The summed E-state index contributed by atoms with van der Waals surface area (Å²) in [5.41, 5.74) is 1.69. The van der Waals surface area contributed by atoms with E-state index >= 15 is 0 Å². The van der Waals surface area contributed by atoms with Gasteiger partial charge in [-0.15, -0.1) is 0 Å². The van der Waals surface area contributed by atoms with E-state index in [4.69, 9.17) is 0 Å². The quantitative estimate of drug-likeness (QED) is 0.767. The molecule has 0 atom stereocenters. The highest BCUT2D eigenvalue weighted by Crippen LogP contribution is 2.36. The predicted octanol–water partition coefficient (Wildman–Crippen LogP) is 4.14. The number of allylic oxidation sites excluding steroid dienone is 1. The van der Waals surface area contributed by atoms with Crippen LogP contribution >= 0.6 is 0 Å². The summed E-state index contributed by atoms with van der Waals surface area (Å²) in [7, 11) is 0. The second-order valence-electron chi connectivity index (χ2n) is 6.76. The molecule has 1 heterocycles. The van der Waals surface area contributed by atoms with Crippen LogP contribution in [0.5, 0.6) is 0 Å². The topological polar surface area (TPSA) is 20.3 Å². The van der Waals surface area contributed by atoms with E-state index in [0.717, 1.165) is 30.6 Å². The summed E-state index contributed by atoms with van der Waals surface area (Å²) in [5, 5.41) is 0. The lowest BCUT2D eigenvalue weighted by atomic mass is 9.76. The lowest BCUT2D eigenvalue weighted by Crippen LogP contribution is -2.36. The van der Waals surface area contributed by atoms with Gasteiger partial charge in [-0.2, -0.15) is 0 Å². The van der Waals surface area contributed by atoms with Crippen LogP contribution in [0.1, 0.15) is 44.5 Å². The van der Waals surface area contributed by atoms with Crippen LogP contribution in [0, 0.1) is 11.3 Å². The molecule has 0 spiro atoms. The van der Waals surface area contributed by atoms with E-state index in [-0.39, 0.29) is 11.2 Å². The van der Waals surface area contributed by atoms with Crippen molar-refractivity contribution in [2.24, 2.45) is 11.3 Å². The van der Waals surface area contributed by atoms with Crippen molar-refractivity contribution in [2.75, 3.05) is 13.1 Å². The van der Waals surface area contributed by atoms with Gasteiger partial charge in [-0.3, -0.25) is 4.79 Å². The van der Waals surface area contributed by atoms with Crippen LogP contribution in [0.4, 0.5) is 0 Å². The zero-order valence-corrected chi connectivity index (χ0v) is 13.0. The summed E-state index contributed by atoms with van der Waals surface area (Å²) >= 11 is 0. The van der Waals surface area contributed by atoms with Gasteiger partial charge in [0, 0.05) is 30.4 Å². The fraction of sp³-hybridized carbons (Fsp3) is 0.500. The summed E-state index contributed by atoms with van der Waals surface area (Å²) in [6, 6.07) is 9.61. The molecule has 0 aromatic heterocycles. The molecule has 1 aliphatic rings. The normalized spacial score (nSPS) is 18.1. The minimum Gasteiger partial charge on any atom is -0.377 e. The van der Waals surface area contributed by atoms with E-state index in [2.05, 4.69) is 38.8 Å². The van der Waals surface area contributed by atoms with Crippen molar-refractivity contribution >= 4 is 5.78 Å². The molecule has 20 heavy (non-hydrogen) atoms. The first kappa shape index (κ1) is 14.8. The summed E-state index contributed by atoms with van der Waals surface area (Å²) in [6.07, 6.45) is 3.13. The van der Waals surface area contributed by atoms with E-state index < -0.39 is 0 Å². The monoisotopic (exact) mass is 271 g/mol. The summed E-state index contributed by atoms with van der Waals surface area (Å²) in [5.74, 6) is 0.782. The average Bonchev–Trinajstić information content (AvgIpc) is 2.40. The maximum Gasteiger partial charge on any atom is 0.191 e. The van der Waals surface area contributed by atoms with E-state index in [9.17, 15) is 4.79 Å². The van der Waals surface area contributed by atoms with Crippen molar-refractivity contribution in [3.8, 4) is 0 Å². The van der Waals surface area contributed by atoms with Crippen molar-refractivity contribution in [3.05, 3.63) is 47.7 Å². The first-order valence-corrected chi connectivity index (χ1v) is 7.46. The fourth-order valence-electron chi connectivity index (χ4n) is 2.70. The Bertz CT molecular complexity index is 499. The van der Waals surface area contributed by atoms with Gasteiger partial charge in [-0.25, -0.2) is 0 Å². The fourth-order valence-corrected chi connectivity index (χ4v) is 2.70. The van der Waals surface area contributed by atoms with Crippen molar-refractivity contribution in [1.82, 2.24) is 4.90 Å². The maximum atomic E-state index is 12.8. The Morgan fingerprint density at radius 2 is 1.90 bits per heavy atom. The Morgan fingerprint density at radius 1 is 1.25 bits per heavy atom. The molecular formula is C18H25NO. The van der Waals surface area contributed by atoms with Gasteiger partial charge in [0.15, 0.2) is 5.78 Å². The average molecular weight is 271 g/mol. The molecule has 0 saturated heterocycles. The third-order valence-corrected chi connectivity index (χ3v) is 3.95. The number of benzene rings is 1. The highest BCUT2D eigenvalue weighted by atomic mass is 16.1. The highest BCUT2D eigenvalue weighted by molar-refractivity contribution is 6.09. The SMILES string of the molecule is CC(C)CN1C=C(C(=O)c2ccccc2)C(C)(C)CC1. The zero-order chi connectivity index (χ0) is 14.8. The number of carbonyl (C=O) groups excluding carboxylic acids is 1. The molecule has 0 saturated carbocycles. The van der Waals surface area contributed by atoms with Crippen molar-refractivity contribution in [1.29, 1.82) is 0 Å². The summed E-state index contributed by atoms with van der Waals surface area (Å²) < 4.78 is 0. The molecule has 0 N–H and O–H groups in total. The molecule has 0 amide bonds. The predicted molar refractivity (Wildman–Crippen MR) is 83.7 cm³/mol. The molecule has 0 radical (unpaired) electrons. The molecule has 2 heteroatoms. The lowest BCUT2D eigenvalue weighted by Gasteiger charge is -2.37. The molecule has 108 valence electrons. The van der Waals surface area contributed by atoms with Crippen molar-refractivity contribution in [2.45, 2.75) is 34.1 Å². The molecule has 0 aliphatic carbocycles. The molecule has 2 rings (SSSR count). The van der Waals surface area contributed by atoms with Gasteiger partial charge < -0.3 is 4.90 Å². The van der Waals surface area contributed by atoms with Crippen LogP contribution in [0.3, 0.4) is 0 Å². The number of rotatable bonds is 4. The highest BCUT2D eigenvalue weighted by Gasteiger charge is 2.33. The van der Waals surface area contributed by atoms with E-state index in [1.165, 1.54) is 0 Å². The third-order valence-electron chi connectivity index (χ3n) is 3.95. The van der Waals surface area contributed by atoms with Gasteiger partial charge in [-0.05, 0) is 17.8 Å². The summed E-state index contributed by atoms with van der Waals surface area (Å²) in [4.78, 5) is 15.0. The zero-order valence-electron chi connectivity index (χ0n) is 13.0. The van der Waals surface area contributed by atoms with Gasteiger partial charge in [0.25, 0.3) is 0 Å². The number of Topliss-reactive ketones (excluding diaryl/α,β-unsaturated/α-hetero) is 1. The molecule has 1 aliphatic heterocycles. The first-order valence-electron chi connectivity index (χ1n) is 7.46. The third kappa shape index (κ3) is 3.30. The minimum absolute atomic E-state index is 0.0413. The molecular weight excluding hydrogens is 246 g/mol. The minimum atomic E-state index is -0.0413. The van der Waals surface area contributed by atoms with Gasteiger partial charge >= 0.3 is 0 Å². The van der Waals surface area contributed by atoms with Gasteiger partial charge in [0.2, 0.25) is 0 Å². The van der Waals surface area contributed by atoms with E-state index in [0.29, 0.717) is 5.92 Å². The smallest absolute Gasteiger partial charge is 0.191 e. The Labute approximate surface area is 122 Å². The van der Waals surface area contributed by atoms with Gasteiger partial charge in [0.05, 0.1) is 0 Å². The van der Waals surface area contributed by atoms with Crippen LogP contribution < -0.4 is 0 Å². The van der Waals surface area contributed by atoms with E-state index in [1.807, 2.05) is 30.3 Å². The summed E-state index contributed by atoms with van der Waals surface area (Å²) in [6.45, 7) is 10.8. The van der Waals surface area contributed by atoms with Crippen LogP contribution in [0.2, 0.25) is 0 Å². The molecule has 0 unspecified atom stereocenters. The number of ketones is 1. The second-order valence-corrected chi connectivity index (χ2v) is 6.76. The van der Waals surface area contributed by atoms with Gasteiger partial charge in [0.1, 0.15) is 0 Å². The van der Waals surface area contributed by atoms with E-state index in [1.54, 1.807) is 0 Å². The van der Waals surface area contributed by atoms with Crippen LogP contribution in [0.25, 0.3) is 0 Å². The number of hydrogen-bond acceptors (Lipinski definition) is 2. The number of nitrogens with zero attached hydrogens (tertiary/aromatic N) is 1. The maximum absolute atomic E-state index is 12.8. The van der Waals surface area contributed by atoms with Crippen LogP contribution in [0.15, 0.2) is 42.1 Å². The molecule has 0 fully saturated rings. The first-order chi connectivity index (χ1) is 9.40. The molecule has 1 aromatic carbocycles. The largest absolute Gasteiger partial charge is 0.377 e. The number of hydrogen-bond donors (Lipinski definition) is 0. The number of carbonyl (C=O) groups is 1. The Morgan fingerprint density at radius 3 is 2.50 bits per heavy atom. The Balaban J connectivity index is 2.29. The van der Waals surface area contributed by atoms with Gasteiger partial charge in [-0.1, -0.05) is 58.0 Å². The van der Waals surface area contributed by atoms with Crippen molar-refractivity contribution < 1.29 is 4.79 Å².